The van der Waals surface area contributed by atoms with Gasteiger partial charge in [0.2, 0.25) is 10.0 Å². The molecule has 0 atom stereocenters. The van der Waals surface area contributed by atoms with Crippen molar-refractivity contribution in [2.24, 2.45) is 4.99 Å². The summed E-state index contributed by atoms with van der Waals surface area (Å²) < 4.78 is 38.0. The van der Waals surface area contributed by atoms with E-state index in [-0.39, 0.29) is 23.9 Å². The maximum absolute atomic E-state index is 13.1. The van der Waals surface area contributed by atoms with Crippen LogP contribution in [0.15, 0.2) is 45.6 Å². The van der Waals surface area contributed by atoms with Gasteiger partial charge in [0.1, 0.15) is 11.4 Å². The molecule has 154 valence electrons. The Bertz CT molecular complexity index is 1060. The normalized spacial score (nSPS) is 19.1. The number of rotatable bonds is 5. The van der Waals surface area contributed by atoms with E-state index in [2.05, 4.69) is 10.3 Å². The zero-order chi connectivity index (χ0) is 20.6. The molecule has 0 saturated carbocycles. The van der Waals surface area contributed by atoms with Crippen molar-refractivity contribution >= 4 is 33.0 Å². The topological polar surface area (TPSA) is 97.3 Å². The minimum atomic E-state index is -3.70. The first-order chi connectivity index (χ1) is 13.9. The first-order valence-corrected chi connectivity index (χ1v) is 11.4. The third-order valence-electron chi connectivity index (χ3n) is 5.18. The van der Waals surface area contributed by atoms with Gasteiger partial charge in [-0.15, -0.1) is 11.3 Å². The number of sulfonamides is 1. The quantitative estimate of drug-likeness (QED) is 0.773. The van der Waals surface area contributed by atoms with Gasteiger partial charge in [-0.1, -0.05) is 6.07 Å². The summed E-state index contributed by atoms with van der Waals surface area (Å²) >= 11 is 1.46. The van der Waals surface area contributed by atoms with Gasteiger partial charge in [-0.3, -0.25) is 9.79 Å². The van der Waals surface area contributed by atoms with Crippen molar-refractivity contribution in [2.45, 2.75) is 23.4 Å². The standard InChI is InChI=1S/C19H21N3O5S2/c1-26-14-6-5-13(12-15(14)27-2)29(24,25)22-9-7-19(8-10-22)20-17(18(23)21-19)16-4-3-11-28-16/h3-6,11-12H,7-10H2,1-2H3,(H,21,23). The first kappa shape index (κ1) is 19.9. The summed E-state index contributed by atoms with van der Waals surface area (Å²) in [4.78, 5) is 18.0. The maximum atomic E-state index is 13.1. The Morgan fingerprint density at radius 3 is 2.48 bits per heavy atom. The SMILES string of the molecule is COc1ccc(S(=O)(=O)N2CCC3(CC2)N=C(c2cccs2)C(=O)N3)cc1OC. The van der Waals surface area contributed by atoms with E-state index in [1.54, 1.807) is 6.07 Å². The highest BCUT2D eigenvalue weighted by molar-refractivity contribution is 7.89. The number of hydrogen-bond acceptors (Lipinski definition) is 7. The van der Waals surface area contributed by atoms with Gasteiger partial charge in [-0.25, -0.2) is 8.42 Å². The predicted octanol–water partition coefficient (Wildman–Crippen LogP) is 1.87. The third kappa shape index (κ3) is 3.52. The molecule has 0 unspecified atom stereocenters. The molecule has 0 aliphatic carbocycles. The smallest absolute Gasteiger partial charge is 0.272 e. The number of ether oxygens (including phenoxy) is 2. The second kappa shape index (κ2) is 7.43. The van der Waals surface area contributed by atoms with Gasteiger partial charge in [0.05, 0.1) is 24.0 Å². The van der Waals surface area contributed by atoms with Gasteiger partial charge < -0.3 is 14.8 Å². The first-order valence-electron chi connectivity index (χ1n) is 9.07. The van der Waals surface area contributed by atoms with E-state index in [0.29, 0.717) is 30.1 Å². The zero-order valence-corrected chi connectivity index (χ0v) is 17.7. The van der Waals surface area contributed by atoms with Crippen molar-refractivity contribution in [2.75, 3.05) is 27.3 Å². The lowest BCUT2D eigenvalue weighted by Gasteiger charge is -2.36. The molecule has 10 heteroatoms. The van der Waals surface area contributed by atoms with Crippen LogP contribution in [-0.2, 0) is 14.8 Å². The molecular weight excluding hydrogens is 414 g/mol. The summed E-state index contributed by atoms with van der Waals surface area (Å²) in [5.74, 6) is 0.618. The Balaban J connectivity index is 1.53. The van der Waals surface area contributed by atoms with Gasteiger partial charge in [0, 0.05) is 32.0 Å². The molecule has 2 aromatic rings. The number of nitrogens with one attached hydrogen (secondary N) is 1. The van der Waals surface area contributed by atoms with Crippen LogP contribution in [0.25, 0.3) is 0 Å². The fraction of sp³-hybridized carbons (Fsp3) is 0.368. The zero-order valence-electron chi connectivity index (χ0n) is 16.0. The van der Waals surface area contributed by atoms with Crippen molar-refractivity contribution in [1.82, 2.24) is 9.62 Å². The summed E-state index contributed by atoms with van der Waals surface area (Å²) in [5, 5.41) is 4.86. The summed E-state index contributed by atoms with van der Waals surface area (Å²) in [6, 6.07) is 8.28. The molecule has 3 heterocycles. The number of hydrogen-bond donors (Lipinski definition) is 1. The highest BCUT2D eigenvalue weighted by Crippen LogP contribution is 2.34. The Morgan fingerprint density at radius 1 is 1.14 bits per heavy atom. The van der Waals surface area contributed by atoms with Crippen molar-refractivity contribution in [3.63, 3.8) is 0 Å². The highest BCUT2D eigenvalue weighted by Gasteiger charge is 2.44. The van der Waals surface area contributed by atoms with E-state index in [4.69, 9.17) is 9.47 Å². The molecular formula is C19H21N3O5S2. The van der Waals surface area contributed by atoms with Crippen LogP contribution in [0.2, 0.25) is 0 Å². The molecule has 2 aliphatic heterocycles. The number of nitrogens with zero attached hydrogens (tertiary/aromatic N) is 2. The number of aliphatic imine (C=N–C) groups is 1. The molecule has 0 bridgehead atoms. The van der Waals surface area contributed by atoms with Crippen molar-refractivity contribution in [3.05, 3.63) is 40.6 Å². The van der Waals surface area contributed by atoms with Gasteiger partial charge in [-0.2, -0.15) is 4.31 Å². The predicted molar refractivity (Wildman–Crippen MR) is 109 cm³/mol. The Kier molecular flexibility index (Phi) is 5.09. The molecule has 1 aromatic heterocycles. The number of carbonyl (C=O) groups excluding carboxylic acids is 1. The van der Waals surface area contributed by atoms with E-state index in [0.717, 1.165) is 4.88 Å². The molecule has 2 aliphatic rings. The van der Waals surface area contributed by atoms with Gasteiger partial charge in [0.15, 0.2) is 11.5 Å². The molecule has 1 amide bonds. The lowest BCUT2D eigenvalue weighted by Crippen LogP contribution is -2.52. The fourth-order valence-electron chi connectivity index (χ4n) is 3.60. The summed E-state index contributed by atoms with van der Waals surface area (Å²) in [7, 11) is -0.737. The second-order valence-electron chi connectivity index (χ2n) is 6.84. The molecule has 4 rings (SSSR count). The molecule has 1 saturated heterocycles. The van der Waals surface area contributed by atoms with Gasteiger partial charge >= 0.3 is 0 Å². The van der Waals surface area contributed by atoms with Gasteiger partial charge in [-0.05, 0) is 23.6 Å². The van der Waals surface area contributed by atoms with E-state index in [1.807, 2.05) is 17.5 Å². The van der Waals surface area contributed by atoms with Crippen LogP contribution in [0.1, 0.15) is 17.7 Å². The molecule has 1 spiro atoms. The number of thiophene rings is 1. The Labute approximate surface area is 173 Å². The van der Waals surface area contributed by atoms with Crippen LogP contribution >= 0.6 is 11.3 Å². The fourth-order valence-corrected chi connectivity index (χ4v) is 5.77. The van der Waals surface area contributed by atoms with Crippen LogP contribution in [0, 0.1) is 0 Å². The number of carbonyl (C=O) groups is 1. The Morgan fingerprint density at radius 2 is 1.86 bits per heavy atom. The maximum Gasteiger partial charge on any atom is 0.272 e. The molecule has 1 aromatic carbocycles. The summed E-state index contributed by atoms with van der Waals surface area (Å²) in [6.07, 6.45) is 0.834. The largest absolute Gasteiger partial charge is 0.493 e. The second-order valence-corrected chi connectivity index (χ2v) is 9.73. The van der Waals surface area contributed by atoms with Crippen molar-refractivity contribution in [1.29, 1.82) is 0 Å². The van der Waals surface area contributed by atoms with Crippen molar-refractivity contribution < 1.29 is 22.7 Å². The lowest BCUT2D eigenvalue weighted by molar-refractivity contribution is -0.115. The van der Waals surface area contributed by atoms with E-state index >= 15 is 0 Å². The highest BCUT2D eigenvalue weighted by atomic mass is 32.2. The van der Waals surface area contributed by atoms with E-state index in [9.17, 15) is 13.2 Å². The minimum Gasteiger partial charge on any atom is -0.493 e. The average Bonchev–Trinajstić information content (AvgIpc) is 3.36. The van der Waals surface area contributed by atoms with Crippen LogP contribution in [0.4, 0.5) is 0 Å². The van der Waals surface area contributed by atoms with Gasteiger partial charge in [0.25, 0.3) is 5.91 Å². The molecule has 29 heavy (non-hydrogen) atoms. The summed E-state index contributed by atoms with van der Waals surface area (Å²) in [5.41, 5.74) is -0.309. The number of piperidine rings is 1. The van der Waals surface area contributed by atoms with Crippen LogP contribution in [0.5, 0.6) is 11.5 Å². The minimum absolute atomic E-state index is 0.143. The molecule has 1 fully saturated rings. The van der Waals surface area contributed by atoms with E-state index < -0.39 is 15.7 Å². The molecule has 8 nitrogen and oxygen atoms in total. The monoisotopic (exact) mass is 435 g/mol. The number of methoxy groups -OCH3 is 2. The Hall–Kier alpha value is -2.43. The average molecular weight is 436 g/mol. The van der Waals surface area contributed by atoms with E-state index in [1.165, 1.54) is 42.0 Å². The van der Waals surface area contributed by atoms with Crippen LogP contribution < -0.4 is 14.8 Å². The number of benzene rings is 1. The lowest BCUT2D eigenvalue weighted by atomic mass is 10.00. The van der Waals surface area contributed by atoms with Crippen molar-refractivity contribution in [3.8, 4) is 11.5 Å². The third-order valence-corrected chi connectivity index (χ3v) is 7.96. The van der Waals surface area contributed by atoms with Crippen LogP contribution in [0.3, 0.4) is 0 Å². The molecule has 1 N–H and O–H groups in total. The van der Waals surface area contributed by atoms with Crippen LogP contribution in [-0.4, -0.2) is 57.3 Å². The number of amides is 1. The molecule has 0 radical (unpaired) electrons. The summed E-state index contributed by atoms with van der Waals surface area (Å²) in [6.45, 7) is 0.524.